The molecule has 6 rings (SSSR count). The van der Waals surface area contributed by atoms with Crippen molar-refractivity contribution >= 4 is 17.4 Å². The lowest BCUT2D eigenvalue weighted by atomic mass is 9.95. The summed E-state index contributed by atoms with van der Waals surface area (Å²) in [5, 5.41) is 9.16. The minimum Gasteiger partial charge on any atom is -0.405 e. The van der Waals surface area contributed by atoms with E-state index in [-0.39, 0.29) is 17.7 Å². The molecule has 0 N–H and O–H groups in total. The zero-order valence-electron chi connectivity index (χ0n) is 21.3. The SMILES string of the molecule is CC(=O)N1CCc2c(c(N3CCCc4cc(-c5cnn(C)c5)c(OC(F)(F)F)cc43)nn2[C@H]2CCOC2)C1. The maximum Gasteiger partial charge on any atom is 0.573 e. The molecule has 0 spiro atoms. The summed E-state index contributed by atoms with van der Waals surface area (Å²) in [6, 6.07) is 3.35. The van der Waals surface area contributed by atoms with Crippen LogP contribution in [-0.4, -0.2) is 63.0 Å². The van der Waals surface area contributed by atoms with Gasteiger partial charge in [0, 0.05) is 80.4 Å². The number of halogens is 3. The van der Waals surface area contributed by atoms with E-state index in [9.17, 15) is 18.0 Å². The summed E-state index contributed by atoms with van der Waals surface area (Å²) >= 11 is 0. The second-order valence-corrected chi connectivity index (χ2v) is 10.1. The normalized spacial score (nSPS) is 19.4. The topological polar surface area (TPSA) is 77.7 Å². The number of alkyl halides is 3. The molecular formula is C26H29F3N6O3. The Morgan fingerprint density at radius 1 is 1.21 bits per heavy atom. The lowest BCUT2D eigenvalue weighted by Gasteiger charge is -2.33. The zero-order chi connectivity index (χ0) is 26.6. The Labute approximate surface area is 217 Å². The molecular weight excluding hydrogens is 501 g/mol. The first-order valence-electron chi connectivity index (χ1n) is 12.8. The summed E-state index contributed by atoms with van der Waals surface area (Å²) in [6.07, 6.45) is 1.39. The Morgan fingerprint density at radius 3 is 2.74 bits per heavy atom. The van der Waals surface area contributed by atoms with Crippen molar-refractivity contribution in [3.05, 3.63) is 41.3 Å². The minimum absolute atomic E-state index is 0.0143. The van der Waals surface area contributed by atoms with Gasteiger partial charge in [-0.2, -0.15) is 10.2 Å². The van der Waals surface area contributed by atoms with E-state index in [0.717, 1.165) is 29.7 Å². The maximum atomic E-state index is 13.5. The van der Waals surface area contributed by atoms with Crippen molar-refractivity contribution in [1.82, 2.24) is 24.5 Å². The van der Waals surface area contributed by atoms with Crippen LogP contribution in [-0.2, 0) is 36.0 Å². The van der Waals surface area contributed by atoms with Crippen LogP contribution in [0.5, 0.6) is 5.75 Å². The maximum absolute atomic E-state index is 13.5. The van der Waals surface area contributed by atoms with E-state index in [1.54, 1.807) is 35.8 Å². The summed E-state index contributed by atoms with van der Waals surface area (Å²) in [7, 11) is 1.72. The van der Waals surface area contributed by atoms with Crippen molar-refractivity contribution in [2.75, 3.05) is 31.2 Å². The van der Waals surface area contributed by atoms with Gasteiger partial charge in [-0.1, -0.05) is 0 Å². The third-order valence-electron chi connectivity index (χ3n) is 7.56. The number of carbonyl (C=O) groups excluding carboxylic acids is 1. The van der Waals surface area contributed by atoms with Crippen LogP contribution in [0.15, 0.2) is 24.5 Å². The Kier molecular flexibility index (Phi) is 6.09. The van der Waals surface area contributed by atoms with Crippen LogP contribution in [0.25, 0.3) is 11.1 Å². The third-order valence-corrected chi connectivity index (χ3v) is 7.56. The van der Waals surface area contributed by atoms with Crippen LogP contribution in [0.1, 0.15) is 42.6 Å². The van der Waals surface area contributed by atoms with Crippen molar-refractivity contribution < 1.29 is 27.4 Å². The first-order chi connectivity index (χ1) is 18.2. The van der Waals surface area contributed by atoms with Gasteiger partial charge in [0.05, 0.1) is 25.4 Å². The van der Waals surface area contributed by atoms with E-state index < -0.39 is 6.36 Å². The number of fused-ring (bicyclic) bond motifs is 2. The van der Waals surface area contributed by atoms with Gasteiger partial charge in [0.25, 0.3) is 0 Å². The molecule has 1 fully saturated rings. The minimum atomic E-state index is -4.85. The summed E-state index contributed by atoms with van der Waals surface area (Å²) in [4.78, 5) is 16.0. The van der Waals surface area contributed by atoms with E-state index in [1.807, 2.05) is 9.58 Å². The van der Waals surface area contributed by atoms with Crippen molar-refractivity contribution in [2.24, 2.45) is 7.05 Å². The molecule has 202 valence electrons. The fraction of sp³-hybridized carbons (Fsp3) is 0.500. The lowest BCUT2D eigenvalue weighted by Crippen LogP contribution is -2.35. The molecule has 38 heavy (non-hydrogen) atoms. The van der Waals surface area contributed by atoms with Gasteiger partial charge in [-0.15, -0.1) is 13.2 Å². The van der Waals surface area contributed by atoms with Crippen LogP contribution >= 0.6 is 0 Å². The Bertz CT molecular complexity index is 1380. The Balaban J connectivity index is 1.48. The highest BCUT2D eigenvalue weighted by Gasteiger charge is 2.36. The molecule has 1 aromatic carbocycles. The first kappa shape index (κ1) is 24.8. The van der Waals surface area contributed by atoms with Gasteiger partial charge in [-0.05, 0) is 30.9 Å². The predicted molar refractivity (Wildman–Crippen MR) is 132 cm³/mol. The molecule has 12 heteroatoms. The number of amides is 1. The van der Waals surface area contributed by atoms with Gasteiger partial charge >= 0.3 is 6.36 Å². The second kappa shape index (κ2) is 9.33. The van der Waals surface area contributed by atoms with Crippen LogP contribution in [0.2, 0.25) is 0 Å². The number of ether oxygens (including phenoxy) is 2. The molecule has 0 saturated carbocycles. The fourth-order valence-corrected chi connectivity index (χ4v) is 5.76. The second-order valence-electron chi connectivity index (χ2n) is 10.1. The molecule has 9 nitrogen and oxygen atoms in total. The summed E-state index contributed by atoms with van der Waals surface area (Å²) in [6.45, 7) is 4.40. The number of hydrogen-bond acceptors (Lipinski definition) is 6. The predicted octanol–water partition coefficient (Wildman–Crippen LogP) is 4.13. The highest BCUT2D eigenvalue weighted by molar-refractivity contribution is 5.79. The molecule has 3 aliphatic heterocycles. The number of nitrogens with zero attached hydrogens (tertiary/aromatic N) is 6. The highest BCUT2D eigenvalue weighted by atomic mass is 19.4. The van der Waals surface area contributed by atoms with Crippen molar-refractivity contribution in [2.45, 2.75) is 51.6 Å². The average molecular weight is 531 g/mol. The third kappa shape index (κ3) is 4.50. The Morgan fingerprint density at radius 2 is 2.05 bits per heavy atom. The van der Waals surface area contributed by atoms with Crippen LogP contribution in [0.3, 0.4) is 0 Å². The van der Waals surface area contributed by atoms with Gasteiger partial charge in [0.1, 0.15) is 5.75 Å². The summed E-state index contributed by atoms with van der Waals surface area (Å²) in [5.74, 6) is 0.393. The molecule has 0 aliphatic carbocycles. The molecule has 1 amide bonds. The van der Waals surface area contributed by atoms with Gasteiger partial charge < -0.3 is 19.3 Å². The average Bonchev–Trinajstić information content (AvgIpc) is 3.62. The number of rotatable bonds is 4. The Hall–Kier alpha value is -3.54. The quantitative estimate of drug-likeness (QED) is 0.505. The first-order valence-corrected chi connectivity index (χ1v) is 12.8. The highest BCUT2D eigenvalue weighted by Crippen LogP contribution is 2.44. The van der Waals surface area contributed by atoms with Crippen LogP contribution in [0.4, 0.5) is 24.7 Å². The van der Waals surface area contributed by atoms with E-state index in [2.05, 4.69) is 9.84 Å². The summed E-state index contributed by atoms with van der Waals surface area (Å²) in [5.41, 5.74) is 4.45. The number of hydrogen-bond donors (Lipinski definition) is 0. The van der Waals surface area contributed by atoms with E-state index in [4.69, 9.17) is 9.84 Å². The molecule has 0 bridgehead atoms. The molecule has 0 unspecified atom stereocenters. The summed E-state index contributed by atoms with van der Waals surface area (Å²) < 4.78 is 54.2. The number of aromatic nitrogens is 4. The van der Waals surface area contributed by atoms with Gasteiger partial charge in [0.2, 0.25) is 5.91 Å². The van der Waals surface area contributed by atoms with E-state index in [1.165, 1.54) is 12.3 Å². The van der Waals surface area contributed by atoms with Crippen molar-refractivity contribution in [3.8, 4) is 16.9 Å². The van der Waals surface area contributed by atoms with Crippen molar-refractivity contribution in [1.29, 1.82) is 0 Å². The number of benzene rings is 1. The van der Waals surface area contributed by atoms with E-state index in [0.29, 0.717) is 68.3 Å². The molecule has 2 aromatic heterocycles. The molecule has 3 aliphatic rings. The number of anilines is 2. The standard InChI is InChI=1S/C26H29F3N6O3/c1-16(36)33-8-5-22-21(14-33)25(31-35(22)19-6-9-37-15-19)34-7-3-4-17-10-20(18-12-30-32(2)13-18)24(11-23(17)34)38-26(27,28)29/h10-13,19H,3-9,14-15H2,1-2H3/t19-/m0/s1. The molecule has 5 heterocycles. The van der Waals surface area contributed by atoms with Crippen LogP contribution < -0.4 is 9.64 Å². The van der Waals surface area contributed by atoms with Crippen LogP contribution in [0, 0.1) is 0 Å². The zero-order valence-corrected chi connectivity index (χ0v) is 21.3. The van der Waals surface area contributed by atoms with Crippen molar-refractivity contribution in [3.63, 3.8) is 0 Å². The fourth-order valence-electron chi connectivity index (χ4n) is 5.76. The number of carbonyl (C=O) groups is 1. The monoisotopic (exact) mass is 530 g/mol. The molecule has 1 atom stereocenters. The lowest BCUT2D eigenvalue weighted by molar-refractivity contribution is -0.274. The molecule has 1 saturated heterocycles. The molecule has 0 radical (unpaired) electrons. The molecule has 3 aromatic rings. The van der Waals surface area contributed by atoms with Gasteiger partial charge in [-0.3, -0.25) is 14.2 Å². The largest absolute Gasteiger partial charge is 0.573 e. The smallest absolute Gasteiger partial charge is 0.405 e. The van der Waals surface area contributed by atoms with Gasteiger partial charge in [-0.25, -0.2) is 0 Å². The number of aryl methyl sites for hydroxylation is 2. The van der Waals surface area contributed by atoms with E-state index >= 15 is 0 Å². The van der Waals surface area contributed by atoms with Gasteiger partial charge in [0.15, 0.2) is 5.82 Å².